The Morgan fingerprint density at radius 1 is 1.53 bits per heavy atom. The molecule has 2 atom stereocenters. The Morgan fingerprint density at radius 2 is 2.26 bits per heavy atom. The van der Waals surface area contributed by atoms with Crippen LogP contribution in [-0.2, 0) is 6.54 Å². The summed E-state index contributed by atoms with van der Waals surface area (Å²) in [7, 11) is 0. The van der Waals surface area contributed by atoms with E-state index in [4.69, 9.17) is 5.73 Å². The van der Waals surface area contributed by atoms with Crippen LogP contribution in [0.25, 0.3) is 0 Å². The highest BCUT2D eigenvalue weighted by molar-refractivity contribution is 9.10. The molecule has 2 N–H and O–H groups in total. The second kappa shape index (κ2) is 7.58. The largest absolute Gasteiger partial charge is 0.328 e. The highest BCUT2D eigenvalue weighted by atomic mass is 79.9. The fraction of sp³-hybridized carbons (Fsp3) is 0.571. The van der Waals surface area contributed by atoms with Crippen molar-refractivity contribution in [3.63, 3.8) is 0 Å². The zero-order valence-corrected chi connectivity index (χ0v) is 13.5. The van der Waals surface area contributed by atoms with Crippen LogP contribution in [0.5, 0.6) is 0 Å². The Hall–Kier alpha value is -0.160. The summed E-state index contributed by atoms with van der Waals surface area (Å²) in [5.41, 5.74) is 7.13. The summed E-state index contributed by atoms with van der Waals surface area (Å²) in [5.74, 6) is 0.383. The second-order valence-electron chi connectivity index (χ2n) is 5.25. The summed E-state index contributed by atoms with van der Waals surface area (Å²) in [5, 5.41) is 0. The van der Waals surface area contributed by atoms with Crippen molar-refractivity contribution in [2.45, 2.75) is 32.4 Å². The average Bonchev–Trinajstić information content (AvgIpc) is 2.34. The van der Waals surface area contributed by atoms with Crippen molar-refractivity contribution in [2.75, 3.05) is 13.1 Å². The Labute approximate surface area is 129 Å². The van der Waals surface area contributed by atoms with Gasteiger partial charge in [-0.3, -0.25) is 4.90 Å². The molecule has 108 valence electrons. The highest BCUT2D eigenvalue weighted by Gasteiger charge is 2.22. The summed E-state index contributed by atoms with van der Waals surface area (Å²) in [4.78, 5) is 2.41. The van der Waals surface area contributed by atoms with Crippen LogP contribution < -0.4 is 5.73 Å². The molecular formula is C14H21BrClFN2. The van der Waals surface area contributed by atoms with Gasteiger partial charge in [-0.2, -0.15) is 0 Å². The third kappa shape index (κ3) is 4.71. The molecule has 1 fully saturated rings. The van der Waals surface area contributed by atoms with Crippen molar-refractivity contribution in [1.82, 2.24) is 4.90 Å². The molecule has 0 radical (unpaired) electrons. The summed E-state index contributed by atoms with van der Waals surface area (Å²) in [6.45, 7) is 5.12. The number of hydrogen-bond donors (Lipinski definition) is 1. The molecule has 0 amide bonds. The molecule has 19 heavy (non-hydrogen) atoms. The molecule has 1 aromatic carbocycles. The molecule has 1 aliphatic heterocycles. The van der Waals surface area contributed by atoms with E-state index < -0.39 is 0 Å². The molecule has 2 nitrogen and oxygen atoms in total. The quantitative estimate of drug-likeness (QED) is 0.902. The third-order valence-electron chi connectivity index (χ3n) is 3.68. The smallest absolute Gasteiger partial charge is 0.137 e. The highest BCUT2D eigenvalue weighted by Crippen LogP contribution is 2.22. The second-order valence-corrected chi connectivity index (χ2v) is 6.10. The zero-order valence-electron chi connectivity index (χ0n) is 11.1. The van der Waals surface area contributed by atoms with Gasteiger partial charge < -0.3 is 5.73 Å². The summed E-state index contributed by atoms with van der Waals surface area (Å²) < 4.78 is 13.7. The fourth-order valence-corrected chi connectivity index (χ4v) is 2.99. The molecule has 1 heterocycles. The van der Waals surface area contributed by atoms with Gasteiger partial charge in [0.15, 0.2) is 0 Å². The van der Waals surface area contributed by atoms with Crippen molar-refractivity contribution in [2.24, 2.45) is 11.7 Å². The van der Waals surface area contributed by atoms with E-state index in [-0.39, 0.29) is 24.3 Å². The SMILES string of the molecule is CC(N)C1CCCN(Cc2ccc(F)c(Br)c2)C1.Cl. The van der Waals surface area contributed by atoms with E-state index in [0.717, 1.165) is 25.2 Å². The fourth-order valence-electron chi connectivity index (χ4n) is 2.56. The van der Waals surface area contributed by atoms with E-state index in [1.807, 2.05) is 12.1 Å². The van der Waals surface area contributed by atoms with Crippen LogP contribution in [0.15, 0.2) is 22.7 Å². The van der Waals surface area contributed by atoms with Gasteiger partial charge in [0.05, 0.1) is 4.47 Å². The summed E-state index contributed by atoms with van der Waals surface area (Å²) >= 11 is 3.23. The van der Waals surface area contributed by atoms with Gasteiger partial charge in [-0.05, 0) is 65.9 Å². The lowest BCUT2D eigenvalue weighted by atomic mass is 9.92. The molecule has 1 aromatic rings. The number of hydrogen-bond acceptors (Lipinski definition) is 2. The van der Waals surface area contributed by atoms with Crippen molar-refractivity contribution in [1.29, 1.82) is 0 Å². The van der Waals surface area contributed by atoms with Gasteiger partial charge in [0.2, 0.25) is 0 Å². The lowest BCUT2D eigenvalue weighted by Gasteiger charge is -2.34. The first-order chi connectivity index (χ1) is 8.56. The minimum absolute atomic E-state index is 0. The maximum absolute atomic E-state index is 13.2. The molecule has 1 aliphatic rings. The molecule has 2 unspecified atom stereocenters. The van der Waals surface area contributed by atoms with Crippen molar-refractivity contribution >= 4 is 28.3 Å². The third-order valence-corrected chi connectivity index (χ3v) is 4.28. The Morgan fingerprint density at radius 3 is 2.89 bits per heavy atom. The molecule has 0 saturated carbocycles. The summed E-state index contributed by atoms with van der Waals surface area (Å²) in [6.07, 6.45) is 2.43. The van der Waals surface area contributed by atoms with Gasteiger partial charge in [0.25, 0.3) is 0 Å². The molecular weight excluding hydrogens is 331 g/mol. The maximum Gasteiger partial charge on any atom is 0.137 e. The van der Waals surface area contributed by atoms with E-state index in [1.54, 1.807) is 0 Å². The number of benzene rings is 1. The minimum Gasteiger partial charge on any atom is -0.328 e. The molecule has 0 bridgehead atoms. The number of likely N-dealkylation sites (tertiary alicyclic amines) is 1. The van der Waals surface area contributed by atoms with Gasteiger partial charge in [-0.1, -0.05) is 6.07 Å². The van der Waals surface area contributed by atoms with Gasteiger partial charge in [0, 0.05) is 19.1 Å². The molecule has 0 aromatic heterocycles. The standard InChI is InChI=1S/C14H20BrFN2.ClH/c1-10(17)12-3-2-6-18(9-12)8-11-4-5-14(16)13(15)7-11;/h4-5,7,10,12H,2-3,6,8-9,17H2,1H3;1H. The lowest BCUT2D eigenvalue weighted by Crippen LogP contribution is -2.41. The number of nitrogens with zero attached hydrogens (tertiary/aromatic N) is 1. The topological polar surface area (TPSA) is 29.3 Å². The van der Waals surface area contributed by atoms with Gasteiger partial charge in [-0.15, -0.1) is 12.4 Å². The first-order valence-corrected chi connectivity index (χ1v) is 7.27. The average molecular weight is 352 g/mol. The predicted octanol–water partition coefficient (Wildman–Crippen LogP) is 3.57. The molecule has 5 heteroatoms. The Bertz CT molecular complexity index is 414. The normalized spacial score (nSPS) is 21.8. The zero-order chi connectivity index (χ0) is 13.1. The molecule has 1 saturated heterocycles. The minimum atomic E-state index is -0.203. The lowest BCUT2D eigenvalue weighted by molar-refractivity contribution is 0.154. The van der Waals surface area contributed by atoms with Gasteiger partial charge in [-0.25, -0.2) is 4.39 Å². The monoisotopic (exact) mass is 350 g/mol. The van der Waals surface area contributed by atoms with Crippen LogP contribution in [0, 0.1) is 11.7 Å². The molecule has 2 rings (SSSR count). The van der Waals surface area contributed by atoms with Crippen LogP contribution in [0.4, 0.5) is 4.39 Å². The van der Waals surface area contributed by atoms with E-state index in [0.29, 0.717) is 10.4 Å². The van der Waals surface area contributed by atoms with Crippen LogP contribution >= 0.6 is 28.3 Å². The van der Waals surface area contributed by atoms with E-state index >= 15 is 0 Å². The first-order valence-electron chi connectivity index (χ1n) is 6.48. The first kappa shape index (κ1) is 16.9. The molecule has 0 aliphatic carbocycles. The maximum atomic E-state index is 13.2. The van der Waals surface area contributed by atoms with E-state index in [1.165, 1.54) is 18.9 Å². The van der Waals surface area contributed by atoms with Gasteiger partial charge in [0.1, 0.15) is 5.82 Å². The number of halogens is 3. The van der Waals surface area contributed by atoms with Gasteiger partial charge >= 0.3 is 0 Å². The van der Waals surface area contributed by atoms with E-state index in [9.17, 15) is 4.39 Å². The molecule has 0 spiro atoms. The van der Waals surface area contributed by atoms with Crippen molar-refractivity contribution in [3.8, 4) is 0 Å². The van der Waals surface area contributed by atoms with Crippen LogP contribution in [0.3, 0.4) is 0 Å². The van der Waals surface area contributed by atoms with Crippen LogP contribution in [0.2, 0.25) is 0 Å². The Kier molecular flexibility index (Phi) is 6.74. The number of rotatable bonds is 3. The number of piperidine rings is 1. The Balaban J connectivity index is 0.00000180. The van der Waals surface area contributed by atoms with Crippen molar-refractivity contribution < 1.29 is 4.39 Å². The van der Waals surface area contributed by atoms with E-state index in [2.05, 4.69) is 27.8 Å². The summed E-state index contributed by atoms with van der Waals surface area (Å²) in [6, 6.07) is 5.50. The van der Waals surface area contributed by atoms with Crippen LogP contribution in [0.1, 0.15) is 25.3 Å². The predicted molar refractivity (Wildman–Crippen MR) is 83.0 cm³/mol. The van der Waals surface area contributed by atoms with Crippen LogP contribution in [-0.4, -0.2) is 24.0 Å². The number of nitrogens with two attached hydrogens (primary N) is 1. The van der Waals surface area contributed by atoms with Crippen molar-refractivity contribution in [3.05, 3.63) is 34.1 Å².